The highest BCUT2D eigenvalue weighted by Crippen LogP contribution is 2.17. The van der Waals surface area contributed by atoms with Crippen molar-refractivity contribution in [3.8, 4) is 0 Å². The molecule has 1 saturated heterocycles. The van der Waals surface area contributed by atoms with Crippen LogP contribution >= 0.6 is 11.3 Å². The standard InChI is InChI=1S/C12H20N2OS/c1-3-12-14-10(8-16-12)7-15-11-6-13-5-4-9(11)2/h8-9,11,13H,3-7H2,1-2H3. The maximum atomic E-state index is 5.92. The van der Waals surface area contributed by atoms with Gasteiger partial charge >= 0.3 is 0 Å². The number of nitrogens with zero attached hydrogens (tertiary/aromatic N) is 1. The fraction of sp³-hybridized carbons (Fsp3) is 0.750. The summed E-state index contributed by atoms with van der Waals surface area (Å²) in [5.74, 6) is 0.658. The second-order valence-electron chi connectivity index (χ2n) is 4.41. The van der Waals surface area contributed by atoms with Crippen LogP contribution in [0, 0.1) is 5.92 Å². The van der Waals surface area contributed by atoms with Crippen molar-refractivity contribution in [3.63, 3.8) is 0 Å². The smallest absolute Gasteiger partial charge is 0.0926 e. The molecular weight excluding hydrogens is 220 g/mol. The molecule has 1 aromatic heterocycles. The molecule has 0 aromatic carbocycles. The first-order valence-corrected chi connectivity index (χ1v) is 6.93. The van der Waals surface area contributed by atoms with E-state index in [0.717, 1.165) is 25.2 Å². The molecule has 0 amide bonds. The number of nitrogens with one attached hydrogen (secondary N) is 1. The van der Waals surface area contributed by atoms with Crippen molar-refractivity contribution in [1.29, 1.82) is 0 Å². The molecule has 2 heterocycles. The number of aromatic nitrogens is 1. The van der Waals surface area contributed by atoms with E-state index in [2.05, 4.69) is 29.5 Å². The van der Waals surface area contributed by atoms with E-state index in [1.165, 1.54) is 11.4 Å². The summed E-state index contributed by atoms with van der Waals surface area (Å²) in [5, 5.41) is 6.69. The first-order chi connectivity index (χ1) is 7.79. The van der Waals surface area contributed by atoms with Gasteiger partial charge in [-0.2, -0.15) is 0 Å². The minimum Gasteiger partial charge on any atom is -0.370 e. The third-order valence-electron chi connectivity index (χ3n) is 3.10. The lowest BCUT2D eigenvalue weighted by atomic mass is 9.97. The SMILES string of the molecule is CCc1nc(COC2CNCCC2C)cs1. The Bertz CT molecular complexity index is 327. The van der Waals surface area contributed by atoms with Crippen LogP contribution in [0.4, 0.5) is 0 Å². The van der Waals surface area contributed by atoms with Crippen molar-refractivity contribution in [1.82, 2.24) is 10.3 Å². The van der Waals surface area contributed by atoms with E-state index in [1.807, 2.05) is 0 Å². The van der Waals surface area contributed by atoms with Gasteiger partial charge in [0.15, 0.2) is 0 Å². The van der Waals surface area contributed by atoms with E-state index < -0.39 is 0 Å². The number of rotatable bonds is 4. The Labute approximate surface area is 101 Å². The molecular formula is C12H20N2OS. The zero-order chi connectivity index (χ0) is 11.4. The van der Waals surface area contributed by atoms with Gasteiger partial charge in [0.2, 0.25) is 0 Å². The molecule has 1 N–H and O–H groups in total. The monoisotopic (exact) mass is 240 g/mol. The molecule has 0 saturated carbocycles. The molecule has 1 fully saturated rings. The molecule has 3 nitrogen and oxygen atoms in total. The van der Waals surface area contributed by atoms with Crippen molar-refractivity contribution < 1.29 is 4.74 Å². The van der Waals surface area contributed by atoms with E-state index in [4.69, 9.17) is 4.74 Å². The summed E-state index contributed by atoms with van der Waals surface area (Å²) in [6.07, 6.45) is 2.58. The lowest BCUT2D eigenvalue weighted by Crippen LogP contribution is -2.40. The Kier molecular flexibility index (Phi) is 4.32. The van der Waals surface area contributed by atoms with Crippen LogP contribution in [-0.4, -0.2) is 24.2 Å². The third-order valence-corrected chi connectivity index (χ3v) is 4.15. The van der Waals surface area contributed by atoms with Gasteiger partial charge in [0, 0.05) is 11.9 Å². The topological polar surface area (TPSA) is 34.1 Å². The van der Waals surface area contributed by atoms with Crippen LogP contribution in [0.2, 0.25) is 0 Å². The Morgan fingerprint density at radius 1 is 1.62 bits per heavy atom. The minimum absolute atomic E-state index is 0.348. The van der Waals surface area contributed by atoms with Crippen LogP contribution in [0.3, 0.4) is 0 Å². The van der Waals surface area contributed by atoms with Crippen LogP contribution in [0.25, 0.3) is 0 Å². The predicted molar refractivity (Wildman–Crippen MR) is 66.7 cm³/mol. The van der Waals surface area contributed by atoms with Crippen molar-refractivity contribution in [2.24, 2.45) is 5.92 Å². The van der Waals surface area contributed by atoms with Gasteiger partial charge in [-0.3, -0.25) is 0 Å². The first-order valence-electron chi connectivity index (χ1n) is 6.05. The van der Waals surface area contributed by atoms with Gasteiger partial charge in [-0.1, -0.05) is 13.8 Å². The normalized spacial score (nSPS) is 25.9. The molecule has 1 aliphatic heterocycles. The van der Waals surface area contributed by atoms with Gasteiger partial charge in [-0.25, -0.2) is 4.98 Å². The molecule has 1 aromatic rings. The van der Waals surface area contributed by atoms with Crippen LogP contribution in [0.1, 0.15) is 31.0 Å². The Morgan fingerprint density at radius 2 is 2.50 bits per heavy atom. The van der Waals surface area contributed by atoms with E-state index in [-0.39, 0.29) is 0 Å². The van der Waals surface area contributed by atoms with Gasteiger partial charge in [0.05, 0.1) is 23.4 Å². The first kappa shape index (κ1) is 12.0. The Balaban J connectivity index is 1.81. The van der Waals surface area contributed by atoms with Gasteiger partial charge in [-0.15, -0.1) is 11.3 Å². The van der Waals surface area contributed by atoms with Crippen molar-refractivity contribution in [2.75, 3.05) is 13.1 Å². The lowest BCUT2D eigenvalue weighted by Gasteiger charge is -2.29. The highest BCUT2D eigenvalue weighted by Gasteiger charge is 2.21. The number of ether oxygens (including phenoxy) is 1. The molecule has 16 heavy (non-hydrogen) atoms. The lowest BCUT2D eigenvalue weighted by molar-refractivity contribution is -0.00780. The van der Waals surface area contributed by atoms with E-state index >= 15 is 0 Å². The molecule has 0 spiro atoms. The molecule has 2 unspecified atom stereocenters. The zero-order valence-electron chi connectivity index (χ0n) is 10.0. The predicted octanol–water partition coefficient (Wildman–Crippen LogP) is 2.22. The molecule has 2 atom stereocenters. The summed E-state index contributed by atoms with van der Waals surface area (Å²) in [5.41, 5.74) is 1.08. The summed E-state index contributed by atoms with van der Waals surface area (Å²) in [6, 6.07) is 0. The van der Waals surface area contributed by atoms with E-state index in [9.17, 15) is 0 Å². The summed E-state index contributed by atoms with van der Waals surface area (Å²) in [7, 11) is 0. The average molecular weight is 240 g/mol. The second kappa shape index (κ2) is 5.75. The van der Waals surface area contributed by atoms with Crippen LogP contribution in [0.5, 0.6) is 0 Å². The van der Waals surface area contributed by atoms with Crippen molar-refractivity contribution in [3.05, 3.63) is 16.1 Å². The summed E-state index contributed by atoms with van der Waals surface area (Å²) >= 11 is 1.73. The number of piperidine rings is 1. The average Bonchev–Trinajstić information content (AvgIpc) is 2.76. The highest BCUT2D eigenvalue weighted by molar-refractivity contribution is 7.09. The Hall–Kier alpha value is -0.450. The minimum atomic E-state index is 0.348. The molecule has 0 aliphatic carbocycles. The molecule has 0 radical (unpaired) electrons. The fourth-order valence-electron chi connectivity index (χ4n) is 1.95. The fourth-order valence-corrected chi connectivity index (χ4v) is 2.68. The van der Waals surface area contributed by atoms with Crippen molar-refractivity contribution in [2.45, 2.75) is 39.4 Å². The summed E-state index contributed by atoms with van der Waals surface area (Å²) in [6.45, 7) is 7.16. The van der Waals surface area contributed by atoms with E-state index in [1.54, 1.807) is 11.3 Å². The summed E-state index contributed by atoms with van der Waals surface area (Å²) < 4.78 is 5.92. The maximum Gasteiger partial charge on any atom is 0.0926 e. The van der Waals surface area contributed by atoms with Gasteiger partial charge in [0.25, 0.3) is 0 Å². The maximum absolute atomic E-state index is 5.92. The van der Waals surface area contributed by atoms with Crippen LogP contribution in [-0.2, 0) is 17.8 Å². The quantitative estimate of drug-likeness (QED) is 0.876. The van der Waals surface area contributed by atoms with Gasteiger partial charge < -0.3 is 10.1 Å². The number of aryl methyl sites for hydroxylation is 1. The van der Waals surface area contributed by atoms with Crippen molar-refractivity contribution >= 4 is 11.3 Å². The second-order valence-corrected chi connectivity index (χ2v) is 5.35. The van der Waals surface area contributed by atoms with Gasteiger partial charge in [0.1, 0.15) is 0 Å². The van der Waals surface area contributed by atoms with Crippen LogP contribution in [0.15, 0.2) is 5.38 Å². The third kappa shape index (κ3) is 3.03. The molecule has 2 rings (SSSR count). The molecule has 90 valence electrons. The van der Waals surface area contributed by atoms with Crippen LogP contribution < -0.4 is 5.32 Å². The largest absolute Gasteiger partial charge is 0.370 e. The molecule has 4 heteroatoms. The highest BCUT2D eigenvalue weighted by atomic mass is 32.1. The summed E-state index contributed by atoms with van der Waals surface area (Å²) in [4.78, 5) is 4.51. The number of thiazole rings is 1. The van der Waals surface area contributed by atoms with Gasteiger partial charge in [-0.05, 0) is 25.3 Å². The Morgan fingerprint density at radius 3 is 3.19 bits per heavy atom. The number of hydrogen-bond donors (Lipinski definition) is 1. The zero-order valence-corrected chi connectivity index (χ0v) is 10.8. The van der Waals surface area contributed by atoms with E-state index in [0.29, 0.717) is 18.6 Å². The number of hydrogen-bond acceptors (Lipinski definition) is 4. The molecule has 0 bridgehead atoms. The molecule has 1 aliphatic rings.